The third kappa shape index (κ3) is 3.79. The summed E-state index contributed by atoms with van der Waals surface area (Å²) < 4.78 is 18.0. The molecule has 0 spiro atoms. The van der Waals surface area contributed by atoms with Crippen LogP contribution in [0.15, 0.2) is 18.2 Å². The van der Waals surface area contributed by atoms with Gasteiger partial charge in [0.2, 0.25) is 0 Å². The molecule has 5 nitrogen and oxygen atoms in total. The number of hydrogen-bond donors (Lipinski definition) is 0. The molecule has 0 bridgehead atoms. The molecule has 0 saturated carbocycles. The number of likely N-dealkylation sites (N-methyl/N-ethyl adjacent to an activating group) is 1. The number of nitrogens with zero attached hydrogens (tertiary/aromatic N) is 2. The van der Waals surface area contributed by atoms with Crippen molar-refractivity contribution in [3.63, 3.8) is 0 Å². The summed E-state index contributed by atoms with van der Waals surface area (Å²) in [6.45, 7) is 11.4. The van der Waals surface area contributed by atoms with E-state index in [1.165, 1.54) is 12.0 Å². The SMILES string of the molecule is COc1ccc(B2OC(C)(C)C(C)(C)O2)cc1CN1CCC(N(C)C)C1. The van der Waals surface area contributed by atoms with Crippen molar-refractivity contribution in [3.8, 4) is 5.75 Å². The van der Waals surface area contributed by atoms with Crippen LogP contribution in [0.4, 0.5) is 0 Å². The van der Waals surface area contributed by atoms with Crippen molar-refractivity contribution >= 4 is 12.6 Å². The quantitative estimate of drug-likeness (QED) is 0.752. The van der Waals surface area contributed by atoms with Crippen molar-refractivity contribution in [1.82, 2.24) is 9.80 Å². The fraction of sp³-hybridized carbons (Fsp3) is 0.700. The van der Waals surface area contributed by atoms with Crippen LogP contribution in [0.5, 0.6) is 5.75 Å². The first-order valence-electron chi connectivity index (χ1n) is 9.54. The van der Waals surface area contributed by atoms with E-state index in [4.69, 9.17) is 14.0 Å². The molecule has 3 rings (SSSR count). The van der Waals surface area contributed by atoms with Gasteiger partial charge in [0, 0.05) is 31.2 Å². The largest absolute Gasteiger partial charge is 0.496 e. The van der Waals surface area contributed by atoms with Gasteiger partial charge in [-0.3, -0.25) is 4.90 Å². The number of benzene rings is 1. The van der Waals surface area contributed by atoms with Crippen molar-refractivity contribution in [1.29, 1.82) is 0 Å². The molecule has 6 heteroatoms. The van der Waals surface area contributed by atoms with E-state index in [1.54, 1.807) is 7.11 Å². The molecule has 2 saturated heterocycles. The van der Waals surface area contributed by atoms with Crippen molar-refractivity contribution in [3.05, 3.63) is 23.8 Å². The van der Waals surface area contributed by atoms with Gasteiger partial charge in [0.25, 0.3) is 0 Å². The Morgan fingerprint density at radius 1 is 1.19 bits per heavy atom. The van der Waals surface area contributed by atoms with Crippen molar-refractivity contribution in [2.45, 2.75) is 57.9 Å². The first-order chi connectivity index (χ1) is 12.1. The number of methoxy groups -OCH3 is 1. The van der Waals surface area contributed by atoms with Gasteiger partial charge < -0.3 is 18.9 Å². The number of rotatable bonds is 5. The molecule has 0 N–H and O–H groups in total. The third-order valence-corrected chi connectivity index (χ3v) is 6.20. The molecule has 1 aromatic rings. The predicted octanol–water partition coefficient (Wildman–Crippen LogP) is 2.13. The molecule has 26 heavy (non-hydrogen) atoms. The summed E-state index contributed by atoms with van der Waals surface area (Å²) in [6.07, 6.45) is 1.21. The van der Waals surface area contributed by atoms with Crippen molar-refractivity contribution < 1.29 is 14.0 Å². The summed E-state index contributed by atoms with van der Waals surface area (Å²) >= 11 is 0. The molecule has 0 radical (unpaired) electrons. The minimum absolute atomic E-state index is 0.328. The lowest BCUT2D eigenvalue weighted by molar-refractivity contribution is 0.00578. The topological polar surface area (TPSA) is 34.2 Å². The van der Waals surface area contributed by atoms with E-state index < -0.39 is 0 Å². The van der Waals surface area contributed by atoms with Gasteiger partial charge in [-0.2, -0.15) is 0 Å². The molecule has 1 unspecified atom stereocenters. The summed E-state index contributed by atoms with van der Waals surface area (Å²) in [5, 5.41) is 0. The van der Waals surface area contributed by atoms with Gasteiger partial charge in [0.15, 0.2) is 0 Å². The van der Waals surface area contributed by atoms with Gasteiger partial charge in [-0.15, -0.1) is 0 Å². The zero-order valence-corrected chi connectivity index (χ0v) is 17.3. The third-order valence-electron chi connectivity index (χ3n) is 6.20. The van der Waals surface area contributed by atoms with Gasteiger partial charge in [-0.1, -0.05) is 12.1 Å². The molecule has 2 aliphatic heterocycles. The van der Waals surface area contributed by atoms with E-state index in [-0.39, 0.29) is 18.3 Å². The van der Waals surface area contributed by atoms with E-state index in [1.807, 2.05) is 6.07 Å². The highest BCUT2D eigenvalue weighted by Gasteiger charge is 2.51. The highest BCUT2D eigenvalue weighted by molar-refractivity contribution is 6.62. The fourth-order valence-corrected chi connectivity index (χ4v) is 3.67. The zero-order valence-electron chi connectivity index (χ0n) is 17.3. The van der Waals surface area contributed by atoms with Crippen LogP contribution in [0.1, 0.15) is 39.7 Å². The van der Waals surface area contributed by atoms with Gasteiger partial charge >= 0.3 is 7.12 Å². The predicted molar refractivity (Wildman–Crippen MR) is 106 cm³/mol. The van der Waals surface area contributed by atoms with Crippen LogP contribution in [0.2, 0.25) is 0 Å². The summed E-state index contributed by atoms with van der Waals surface area (Å²) in [7, 11) is 5.72. The van der Waals surface area contributed by atoms with E-state index >= 15 is 0 Å². The summed E-state index contributed by atoms with van der Waals surface area (Å²) in [5.74, 6) is 0.929. The second-order valence-electron chi connectivity index (χ2n) is 8.80. The Morgan fingerprint density at radius 2 is 1.85 bits per heavy atom. The van der Waals surface area contributed by atoms with Gasteiger partial charge in [0.1, 0.15) is 5.75 Å². The summed E-state index contributed by atoms with van der Waals surface area (Å²) in [4.78, 5) is 4.81. The van der Waals surface area contributed by atoms with E-state index in [0.29, 0.717) is 6.04 Å². The normalized spacial score (nSPS) is 25.2. The molecule has 0 aromatic heterocycles. The summed E-state index contributed by atoms with van der Waals surface area (Å²) in [6, 6.07) is 6.91. The Labute approximate surface area is 158 Å². The van der Waals surface area contributed by atoms with Crippen LogP contribution in [0.3, 0.4) is 0 Å². The summed E-state index contributed by atoms with van der Waals surface area (Å²) in [5.41, 5.74) is 1.60. The smallest absolute Gasteiger partial charge is 0.494 e. The molecular weight excluding hydrogens is 327 g/mol. The van der Waals surface area contributed by atoms with Gasteiger partial charge in [-0.05, 0) is 59.7 Å². The number of ether oxygens (including phenoxy) is 1. The fourth-order valence-electron chi connectivity index (χ4n) is 3.67. The Balaban J connectivity index is 1.78. The van der Waals surface area contributed by atoms with E-state index in [9.17, 15) is 0 Å². The Morgan fingerprint density at radius 3 is 2.38 bits per heavy atom. The second-order valence-corrected chi connectivity index (χ2v) is 8.80. The van der Waals surface area contributed by atoms with Crippen molar-refractivity contribution in [2.75, 3.05) is 34.3 Å². The molecule has 2 fully saturated rings. The Hall–Kier alpha value is -1.08. The maximum Gasteiger partial charge on any atom is 0.494 e. The number of hydrogen-bond acceptors (Lipinski definition) is 5. The molecule has 2 aliphatic rings. The molecule has 1 aromatic carbocycles. The van der Waals surface area contributed by atoms with E-state index in [2.05, 4.69) is 63.7 Å². The molecule has 2 heterocycles. The highest BCUT2D eigenvalue weighted by Crippen LogP contribution is 2.36. The highest BCUT2D eigenvalue weighted by atomic mass is 16.7. The van der Waals surface area contributed by atoms with Gasteiger partial charge in [-0.25, -0.2) is 0 Å². The molecular formula is C20H33BN2O3. The minimum atomic E-state index is -0.335. The second kappa shape index (κ2) is 7.15. The van der Waals surface area contributed by atoms with Crippen LogP contribution < -0.4 is 10.2 Å². The maximum absolute atomic E-state index is 6.21. The average molecular weight is 360 g/mol. The zero-order chi connectivity index (χ0) is 19.1. The first kappa shape index (κ1) is 19.7. The van der Waals surface area contributed by atoms with Crippen LogP contribution in [-0.2, 0) is 15.9 Å². The average Bonchev–Trinajstić information content (AvgIpc) is 3.10. The van der Waals surface area contributed by atoms with Crippen LogP contribution in [0.25, 0.3) is 0 Å². The Bertz CT molecular complexity index is 632. The first-order valence-corrected chi connectivity index (χ1v) is 9.54. The molecule has 144 valence electrons. The van der Waals surface area contributed by atoms with Crippen molar-refractivity contribution in [2.24, 2.45) is 0 Å². The van der Waals surface area contributed by atoms with Crippen LogP contribution in [0, 0.1) is 0 Å². The van der Waals surface area contributed by atoms with E-state index in [0.717, 1.165) is 30.8 Å². The lowest BCUT2D eigenvalue weighted by Crippen LogP contribution is -2.41. The minimum Gasteiger partial charge on any atom is -0.496 e. The lowest BCUT2D eigenvalue weighted by atomic mass is 9.78. The molecule has 1 atom stereocenters. The lowest BCUT2D eigenvalue weighted by Gasteiger charge is -2.32. The Kier molecular flexibility index (Phi) is 5.41. The van der Waals surface area contributed by atoms with Crippen LogP contribution in [-0.4, -0.2) is 68.5 Å². The van der Waals surface area contributed by atoms with Crippen LogP contribution >= 0.6 is 0 Å². The number of likely N-dealkylation sites (tertiary alicyclic amines) is 1. The standard InChI is InChI=1S/C20H33BN2O3/c1-19(2)20(3,4)26-21(25-19)16-8-9-18(24-7)15(12-16)13-23-11-10-17(14-23)22(5)6/h8-9,12,17H,10-11,13-14H2,1-7H3. The molecule has 0 aliphatic carbocycles. The molecule has 0 amide bonds. The van der Waals surface area contributed by atoms with Gasteiger partial charge in [0.05, 0.1) is 18.3 Å². The maximum atomic E-state index is 6.21. The monoisotopic (exact) mass is 360 g/mol.